The van der Waals surface area contributed by atoms with Crippen LogP contribution in [0.4, 0.5) is 11.5 Å². The lowest BCUT2D eigenvalue weighted by atomic mass is 10.2. The minimum absolute atomic E-state index is 0.00763. The number of hydrogen-bond donors (Lipinski definition) is 1. The molecule has 1 aliphatic heterocycles. The van der Waals surface area contributed by atoms with Gasteiger partial charge in [0.2, 0.25) is 5.91 Å². The van der Waals surface area contributed by atoms with Gasteiger partial charge in [-0.05, 0) is 18.6 Å². The van der Waals surface area contributed by atoms with Crippen molar-refractivity contribution in [2.75, 3.05) is 42.9 Å². The number of amides is 1. The lowest BCUT2D eigenvalue weighted by Crippen LogP contribution is -2.49. The maximum atomic E-state index is 12.1. The van der Waals surface area contributed by atoms with E-state index in [2.05, 4.69) is 37.0 Å². The zero-order valence-electron chi connectivity index (χ0n) is 13.9. The number of anilines is 2. The molecule has 0 atom stereocenters. The van der Waals surface area contributed by atoms with Crippen LogP contribution in [0, 0.1) is 0 Å². The molecule has 0 radical (unpaired) electrons. The normalized spacial score (nSPS) is 15.3. The molecule has 0 bridgehead atoms. The molecule has 7 nitrogen and oxygen atoms in total. The Morgan fingerprint density at radius 3 is 2.79 bits per heavy atom. The number of carbonyl (C=O) groups is 1. The first kappa shape index (κ1) is 16.3. The molecule has 1 amide bonds. The van der Waals surface area contributed by atoms with E-state index in [1.807, 2.05) is 12.1 Å². The van der Waals surface area contributed by atoms with Crippen LogP contribution in [0.15, 0.2) is 36.9 Å². The van der Waals surface area contributed by atoms with E-state index in [-0.39, 0.29) is 5.91 Å². The summed E-state index contributed by atoms with van der Waals surface area (Å²) >= 11 is 0. The summed E-state index contributed by atoms with van der Waals surface area (Å²) in [6, 6.07) is 5.69. The number of nitrogens with one attached hydrogen (secondary N) is 1. The number of carbonyl (C=O) groups excluding carboxylic acids is 1. The minimum atomic E-state index is -0.00763. The van der Waals surface area contributed by atoms with Gasteiger partial charge in [-0.15, -0.1) is 0 Å². The summed E-state index contributed by atoms with van der Waals surface area (Å²) in [4.78, 5) is 29.1. The van der Waals surface area contributed by atoms with Crippen molar-refractivity contribution < 1.29 is 4.79 Å². The van der Waals surface area contributed by atoms with E-state index in [0.29, 0.717) is 6.54 Å². The standard InChI is InChI=1S/C17H22N6O/c1-2-14-10-16(20-13-19-14)23-8-6-22(7-9-23)12-17(24)21-15-4-3-5-18-11-15/h3-5,10-11,13H,2,6-9,12H2,1H3,(H,21,24). The molecule has 2 aromatic rings. The Balaban J connectivity index is 1.49. The molecule has 1 aliphatic rings. The Morgan fingerprint density at radius 1 is 1.25 bits per heavy atom. The Morgan fingerprint density at radius 2 is 2.08 bits per heavy atom. The number of aromatic nitrogens is 3. The van der Waals surface area contributed by atoms with E-state index < -0.39 is 0 Å². The lowest BCUT2D eigenvalue weighted by Gasteiger charge is -2.35. The minimum Gasteiger partial charge on any atom is -0.354 e. The second kappa shape index (κ2) is 7.83. The van der Waals surface area contributed by atoms with Crippen LogP contribution in [0.5, 0.6) is 0 Å². The molecule has 126 valence electrons. The number of hydrogen-bond acceptors (Lipinski definition) is 6. The van der Waals surface area contributed by atoms with Gasteiger partial charge in [-0.2, -0.15) is 0 Å². The summed E-state index contributed by atoms with van der Waals surface area (Å²) in [7, 11) is 0. The van der Waals surface area contributed by atoms with E-state index in [0.717, 1.165) is 49.8 Å². The highest BCUT2D eigenvalue weighted by Crippen LogP contribution is 2.14. The average Bonchev–Trinajstić information content (AvgIpc) is 2.63. The molecule has 24 heavy (non-hydrogen) atoms. The fraction of sp³-hybridized carbons (Fsp3) is 0.412. The Hall–Kier alpha value is -2.54. The van der Waals surface area contributed by atoms with Crippen molar-refractivity contribution in [2.24, 2.45) is 0 Å². The third-order valence-electron chi connectivity index (χ3n) is 4.08. The van der Waals surface area contributed by atoms with Crippen LogP contribution in [0.25, 0.3) is 0 Å². The van der Waals surface area contributed by atoms with Crippen molar-refractivity contribution in [1.29, 1.82) is 0 Å². The molecule has 0 aliphatic carbocycles. The molecule has 0 aromatic carbocycles. The largest absolute Gasteiger partial charge is 0.354 e. The van der Waals surface area contributed by atoms with Gasteiger partial charge in [0.25, 0.3) is 0 Å². The van der Waals surface area contributed by atoms with Crippen molar-refractivity contribution in [3.8, 4) is 0 Å². The van der Waals surface area contributed by atoms with Crippen molar-refractivity contribution >= 4 is 17.4 Å². The molecule has 3 rings (SSSR count). The first-order valence-corrected chi connectivity index (χ1v) is 8.22. The Bertz CT molecular complexity index is 670. The number of pyridine rings is 1. The third-order valence-corrected chi connectivity index (χ3v) is 4.08. The van der Waals surface area contributed by atoms with Crippen molar-refractivity contribution in [3.63, 3.8) is 0 Å². The molecular formula is C17H22N6O. The van der Waals surface area contributed by atoms with E-state index in [1.54, 1.807) is 24.8 Å². The van der Waals surface area contributed by atoms with Crippen LogP contribution in [0.1, 0.15) is 12.6 Å². The van der Waals surface area contributed by atoms with Gasteiger partial charge < -0.3 is 10.2 Å². The van der Waals surface area contributed by atoms with Gasteiger partial charge in [0.15, 0.2) is 0 Å². The summed E-state index contributed by atoms with van der Waals surface area (Å²) in [6.07, 6.45) is 5.87. The predicted molar refractivity (Wildman–Crippen MR) is 92.9 cm³/mol. The number of piperazine rings is 1. The van der Waals surface area contributed by atoms with Crippen molar-refractivity contribution in [3.05, 3.63) is 42.6 Å². The van der Waals surface area contributed by atoms with Gasteiger partial charge in [-0.1, -0.05) is 6.92 Å². The topological polar surface area (TPSA) is 74.2 Å². The summed E-state index contributed by atoms with van der Waals surface area (Å²) in [5.74, 6) is 0.966. The fourth-order valence-electron chi connectivity index (χ4n) is 2.73. The first-order chi connectivity index (χ1) is 11.7. The van der Waals surface area contributed by atoms with Gasteiger partial charge in [-0.25, -0.2) is 9.97 Å². The molecule has 0 spiro atoms. The molecule has 3 heterocycles. The molecule has 1 N–H and O–H groups in total. The predicted octanol–water partition coefficient (Wildman–Crippen LogP) is 1.19. The van der Waals surface area contributed by atoms with Crippen molar-refractivity contribution in [2.45, 2.75) is 13.3 Å². The second-order valence-corrected chi connectivity index (χ2v) is 5.77. The summed E-state index contributed by atoms with van der Waals surface area (Å²) < 4.78 is 0. The van der Waals surface area contributed by atoms with Crippen LogP contribution < -0.4 is 10.2 Å². The highest BCUT2D eigenvalue weighted by Gasteiger charge is 2.20. The molecule has 0 saturated carbocycles. The first-order valence-electron chi connectivity index (χ1n) is 8.22. The fourth-order valence-corrected chi connectivity index (χ4v) is 2.73. The second-order valence-electron chi connectivity index (χ2n) is 5.77. The summed E-state index contributed by atoms with van der Waals surface area (Å²) in [6.45, 7) is 5.89. The number of rotatable bonds is 5. The van der Waals surface area contributed by atoms with E-state index in [4.69, 9.17) is 0 Å². The number of nitrogens with zero attached hydrogens (tertiary/aromatic N) is 5. The van der Waals surface area contributed by atoms with Gasteiger partial charge in [0, 0.05) is 44.1 Å². The van der Waals surface area contributed by atoms with Crippen LogP contribution in [-0.4, -0.2) is 58.5 Å². The van der Waals surface area contributed by atoms with Gasteiger partial charge in [-0.3, -0.25) is 14.7 Å². The average molecular weight is 326 g/mol. The lowest BCUT2D eigenvalue weighted by molar-refractivity contribution is -0.117. The third kappa shape index (κ3) is 4.26. The van der Waals surface area contributed by atoms with Gasteiger partial charge in [0.1, 0.15) is 12.1 Å². The zero-order valence-corrected chi connectivity index (χ0v) is 13.9. The summed E-state index contributed by atoms with van der Waals surface area (Å²) in [5.41, 5.74) is 1.78. The quantitative estimate of drug-likeness (QED) is 0.890. The maximum Gasteiger partial charge on any atom is 0.238 e. The molecule has 1 saturated heterocycles. The maximum absolute atomic E-state index is 12.1. The SMILES string of the molecule is CCc1cc(N2CCN(CC(=O)Nc3cccnc3)CC2)ncn1. The van der Waals surface area contributed by atoms with Crippen LogP contribution >= 0.6 is 0 Å². The molecule has 0 unspecified atom stereocenters. The van der Waals surface area contributed by atoms with Gasteiger partial charge >= 0.3 is 0 Å². The van der Waals surface area contributed by atoms with Crippen LogP contribution in [0.3, 0.4) is 0 Å². The molecule has 2 aromatic heterocycles. The monoisotopic (exact) mass is 326 g/mol. The highest BCUT2D eigenvalue weighted by atomic mass is 16.2. The van der Waals surface area contributed by atoms with Crippen molar-refractivity contribution in [1.82, 2.24) is 19.9 Å². The molecule has 1 fully saturated rings. The highest BCUT2D eigenvalue weighted by molar-refractivity contribution is 5.92. The smallest absolute Gasteiger partial charge is 0.238 e. The Labute approximate surface area is 141 Å². The van der Waals surface area contributed by atoms with Crippen LogP contribution in [-0.2, 0) is 11.2 Å². The molecular weight excluding hydrogens is 304 g/mol. The van der Waals surface area contributed by atoms with Gasteiger partial charge in [0.05, 0.1) is 18.4 Å². The number of aryl methyl sites for hydroxylation is 1. The van der Waals surface area contributed by atoms with E-state index in [9.17, 15) is 4.79 Å². The van der Waals surface area contributed by atoms with E-state index in [1.165, 1.54) is 0 Å². The zero-order chi connectivity index (χ0) is 16.8. The Kier molecular flexibility index (Phi) is 5.32. The molecule has 7 heteroatoms. The van der Waals surface area contributed by atoms with Crippen LogP contribution in [0.2, 0.25) is 0 Å². The van der Waals surface area contributed by atoms with E-state index >= 15 is 0 Å². The summed E-state index contributed by atoms with van der Waals surface area (Å²) in [5, 5.41) is 2.87.